The van der Waals surface area contributed by atoms with E-state index in [1.54, 1.807) is 35.6 Å². The smallest absolute Gasteiger partial charge is 0.341 e. The van der Waals surface area contributed by atoms with E-state index in [4.69, 9.17) is 9.84 Å². The number of rotatable bonds is 9. The molecule has 0 aliphatic carbocycles. The van der Waals surface area contributed by atoms with Gasteiger partial charge in [-0.15, -0.1) is 11.3 Å². The van der Waals surface area contributed by atoms with Crippen molar-refractivity contribution in [1.29, 1.82) is 0 Å². The quantitative estimate of drug-likeness (QED) is 0.614. The van der Waals surface area contributed by atoms with E-state index in [2.05, 4.69) is 0 Å². The first-order valence-corrected chi connectivity index (χ1v) is 10.5. The lowest BCUT2D eigenvalue weighted by atomic mass is 9.99. The van der Waals surface area contributed by atoms with Gasteiger partial charge in [-0.05, 0) is 42.0 Å². The molecule has 2 heterocycles. The molecule has 29 heavy (non-hydrogen) atoms. The molecule has 6 nitrogen and oxygen atoms in total. The van der Waals surface area contributed by atoms with Crippen LogP contribution in [0.15, 0.2) is 53.9 Å². The van der Waals surface area contributed by atoms with Gasteiger partial charge in [0, 0.05) is 24.3 Å². The monoisotopic (exact) mass is 415 g/mol. The lowest BCUT2D eigenvalue weighted by Crippen LogP contribution is -2.42. The van der Waals surface area contributed by atoms with E-state index in [0.29, 0.717) is 25.1 Å². The van der Waals surface area contributed by atoms with E-state index in [1.165, 1.54) is 0 Å². The van der Waals surface area contributed by atoms with Crippen molar-refractivity contribution in [3.8, 4) is 5.75 Å². The summed E-state index contributed by atoms with van der Waals surface area (Å²) in [7, 11) is 0. The molecule has 154 valence electrons. The molecule has 2 aromatic rings. The number of amides is 1. The predicted molar refractivity (Wildman–Crippen MR) is 111 cm³/mol. The van der Waals surface area contributed by atoms with Gasteiger partial charge < -0.3 is 19.8 Å². The van der Waals surface area contributed by atoms with E-state index >= 15 is 0 Å². The van der Waals surface area contributed by atoms with Gasteiger partial charge in [-0.2, -0.15) is 0 Å². The first-order valence-electron chi connectivity index (χ1n) is 9.63. The number of thiophene rings is 1. The third-order valence-electron chi connectivity index (χ3n) is 4.77. The summed E-state index contributed by atoms with van der Waals surface area (Å²) >= 11 is 1.62. The molecule has 1 aromatic heterocycles. The first-order chi connectivity index (χ1) is 14.0. The van der Waals surface area contributed by atoms with Gasteiger partial charge in [0.05, 0.1) is 12.1 Å². The van der Waals surface area contributed by atoms with E-state index in [0.717, 1.165) is 23.3 Å². The Hall–Kier alpha value is -2.64. The number of hydrogen-bond acceptors (Lipinski definition) is 5. The SMILES string of the molecule is O=C(O)COc1cccc(CN2C(=O)CCC[C@@H]2C=CC(O)Cc2cccs2)c1. The van der Waals surface area contributed by atoms with Crippen LogP contribution in [0.25, 0.3) is 0 Å². The first kappa shape index (κ1) is 21.1. The van der Waals surface area contributed by atoms with Crippen LogP contribution in [0.2, 0.25) is 0 Å². The standard InChI is InChI=1S/C22H25NO5S/c24-18(13-20-7-3-11-29-20)10-9-17-5-2-8-21(25)23(17)14-16-4-1-6-19(12-16)28-15-22(26)27/h1,3-4,6-7,9-12,17-18,24H,2,5,8,13-15H2,(H,26,27)/t17-,18?/m1/s1. The average molecular weight is 416 g/mol. The molecule has 1 amide bonds. The van der Waals surface area contributed by atoms with Gasteiger partial charge in [-0.1, -0.05) is 30.4 Å². The van der Waals surface area contributed by atoms with Crippen LogP contribution in [-0.4, -0.2) is 45.7 Å². The Balaban J connectivity index is 1.65. The molecular formula is C22H25NO5S. The van der Waals surface area contributed by atoms with Crippen LogP contribution in [0.3, 0.4) is 0 Å². The summed E-state index contributed by atoms with van der Waals surface area (Å²) in [4.78, 5) is 26.1. The second-order valence-electron chi connectivity index (χ2n) is 7.05. The number of carbonyl (C=O) groups is 2. The Morgan fingerprint density at radius 1 is 1.34 bits per heavy atom. The molecule has 0 radical (unpaired) electrons. The zero-order valence-electron chi connectivity index (χ0n) is 16.1. The fraction of sp³-hybridized carbons (Fsp3) is 0.364. The summed E-state index contributed by atoms with van der Waals surface area (Å²) in [6.45, 7) is 0.0126. The van der Waals surface area contributed by atoms with Crippen molar-refractivity contribution in [2.75, 3.05) is 6.61 Å². The summed E-state index contributed by atoms with van der Waals surface area (Å²) in [5.74, 6) is -0.490. The number of nitrogens with zero attached hydrogens (tertiary/aromatic N) is 1. The number of aliphatic hydroxyl groups is 1. The number of carbonyl (C=O) groups excluding carboxylic acids is 1. The van der Waals surface area contributed by atoms with E-state index in [-0.39, 0.29) is 11.9 Å². The van der Waals surface area contributed by atoms with Crippen LogP contribution in [0, 0.1) is 0 Å². The fourth-order valence-electron chi connectivity index (χ4n) is 3.39. The Labute approximate surface area is 174 Å². The summed E-state index contributed by atoms with van der Waals surface area (Å²) < 4.78 is 5.23. The average Bonchev–Trinajstić information content (AvgIpc) is 3.20. The zero-order valence-corrected chi connectivity index (χ0v) is 16.9. The van der Waals surface area contributed by atoms with Gasteiger partial charge in [0.15, 0.2) is 6.61 Å². The molecule has 1 aliphatic rings. The Morgan fingerprint density at radius 2 is 2.21 bits per heavy atom. The molecule has 1 unspecified atom stereocenters. The maximum Gasteiger partial charge on any atom is 0.341 e. The molecule has 0 saturated carbocycles. The molecule has 2 N–H and O–H groups in total. The van der Waals surface area contributed by atoms with Crippen molar-refractivity contribution >= 4 is 23.2 Å². The number of benzene rings is 1. The second-order valence-corrected chi connectivity index (χ2v) is 8.08. The minimum absolute atomic E-state index is 0.0715. The lowest BCUT2D eigenvalue weighted by molar-refractivity contribution is -0.139. The molecular weight excluding hydrogens is 390 g/mol. The van der Waals surface area contributed by atoms with Gasteiger partial charge in [0.1, 0.15) is 5.75 Å². The van der Waals surface area contributed by atoms with Crippen LogP contribution in [0.4, 0.5) is 0 Å². The Bertz CT molecular complexity index is 849. The summed E-state index contributed by atoms with van der Waals surface area (Å²) in [5, 5.41) is 21.0. The van der Waals surface area contributed by atoms with Crippen LogP contribution in [-0.2, 0) is 22.6 Å². The second kappa shape index (κ2) is 10.2. The molecule has 0 bridgehead atoms. The molecule has 0 spiro atoms. The highest BCUT2D eigenvalue weighted by atomic mass is 32.1. The summed E-state index contributed by atoms with van der Waals surface area (Å²) in [5.41, 5.74) is 0.876. The predicted octanol–water partition coefficient (Wildman–Crippen LogP) is 3.25. The number of aliphatic carboxylic acids is 1. The number of ether oxygens (including phenoxy) is 1. The molecule has 7 heteroatoms. The molecule has 1 aromatic carbocycles. The normalized spacial score (nSPS) is 18.2. The minimum Gasteiger partial charge on any atom is -0.482 e. The highest BCUT2D eigenvalue weighted by Gasteiger charge is 2.26. The highest BCUT2D eigenvalue weighted by molar-refractivity contribution is 7.09. The van der Waals surface area contributed by atoms with Gasteiger partial charge in [-0.25, -0.2) is 4.79 Å². The lowest BCUT2D eigenvalue weighted by Gasteiger charge is -2.34. The molecule has 1 saturated heterocycles. The van der Waals surface area contributed by atoms with Crippen molar-refractivity contribution in [3.63, 3.8) is 0 Å². The molecule has 2 atom stereocenters. The van der Waals surface area contributed by atoms with Crippen LogP contribution in [0.5, 0.6) is 5.75 Å². The number of aliphatic hydroxyl groups excluding tert-OH is 1. The van der Waals surface area contributed by atoms with Crippen molar-refractivity contribution in [3.05, 3.63) is 64.4 Å². The van der Waals surface area contributed by atoms with Gasteiger partial charge in [-0.3, -0.25) is 4.79 Å². The maximum absolute atomic E-state index is 12.5. The summed E-state index contributed by atoms with van der Waals surface area (Å²) in [6, 6.07) is 11.0. The number of carboxylic acid groups (broad SMARTS) is 1. The van der Waals surface area contributed by atoms with E-state index in [9.17, 15) is 14.7 Å². The van der Waals surface area contributed by atoms with Gasteiger partial charge >= 0.3 is 5.97 Å². The Morgan fingerprint density at radius 3 is 2.97 bits per heavy atom. The molecule has 1 aliphatic heterocycles. The van der Waals surface area contributed by atoms with Crippen molar-refractivity contribution < 1.29 is 24.5 Å². The van der Waals surface area contributed by atoms with Crippen molar-refractivity contribution in [2.45, 2.75) is 44.4 Å². The largest absolute Gasteiger partial charge is 0.482 e. The highest BCUT2D eigenvalue weighted by Crippen LogP contribution is 2.24. The van der Waals surface area contributed by atoms with Crippen molar-refractivity contribution in [1.82, 2.24) is 4.90 Å². The Kier molecular flexibility index (Phi) is 7.43. The molecule has 3 rings (SSSR count). The summed E-state index contributed by atoms with van der Waals surface area (Å²) in [6.07, 6.45) is 5.88. The van der Waals surface area contributed by atoms with Crippen molar-refractivity contribution in [2.24, 2.45) is 0 Å². The number of carboxylic acids is 1. The number of likely N-dealkylation sites (tertiary alicyclic amines) is 1. The van der Waals surface area contributed by atoms with Gasteiger partial charge in [0.2, 0.25) is 5.91 Å². The van der Waals surface area contributed by atoms with Crippen LogP contribution >= 0.6 is 11.3 Å². The fourth-order valence-corrected chi connectivity index (χ4v) is 4.14. The zero-order chi connectivity index (χ0) is 20.6. The van der Waals surface area contributed by atoms with Gasteiger partial charge in [0.25, 0.3) is 0 Å². The number of piperidine rings is 1. The van der Waals surface area contributed by atoms with E-state index < -0.39 is 18.7 Å². The van der Waals surface area contributed by atoms with E-state index in [1.807, 2.05) is 34.6 Å². The molecule has 1 fully saturated rings. The topological polar surface area (TPSA) is 87.1 Å². The number of hydrogen-bond donors (Lipinski definition) is 2. The third kappa shape index (κ3) is 6.44. The van der Waals surface area contributed by atoms with Crippen LogP contribution < -0.4 is 4.74 Å². The minimum atomic E-state index is -1.03. The van der Waals surface area contributed by atoms with Crippen LogP contribution in [0.1, 0.15) is 29.7 Å². The maximum atomic E-state index is 12.5. The third-order valence-corrected chi connectivity index (χ3v) is 5.67.